The highest BCUT2D eigenvalue weighted by atomic mass is 16.2. The third-order valence-electron chi connectivity index (χ3n) is 4.51. The van der Waals surface area contributed by atoms with E-state index < -0.39 is 0 Å². The molecule has 0 aliphatic carbocycles. The van der Waals surface area contributed by atoms with E-state index in [-0.39, 0.29) is 0 Å². The van der Waals surface area contributed by atoms with Crippen molar-refractivity contribution in [2.45, 2.75) is 65.0 Å². The van der Waals surface area contributed by atoms with Crippen LogP contribution < -0.4 is 0 Å². The van der Waals surface area contributed by atoms with Gasteiger partial charge in [-0.05, 0) is 46.1 Å². The SMILES string of the molecule is CCC(=O)N1CCC[C@H]1[C@H]1CCCN1CC=C(C)C. The highest BCUT2D eigenvalue weighted by Gasteiger charge is 2.38. The highest BCUT2D eigenvalue weighted by Crippen LogP contribution is 2.30. The second-order valence-electron chi connectivity index (χ2n) is 6.14. The van der Waals surface area contributed by atoms with Crippen LogP contribution in [0.5, 0.6) is 0 Å². The number of carbonyl (C=O) groups is 1. The van der Waals surface area contributed by atoms with Crippen LogP contribution in [-0.2, 0) is 4.79 Å². The summed E-state index contributed by atoms with van der Waals surface area (Å²) in [6.45, 7) is 9.52. The van der Waals surface area contributed by atoms with Gasteiger partial charge < -0.3 is 4.90 Å². The molecule has 0 spiro atoms. The Hall–Kier alpha value is -0.830. The summed E-state index contributed by atoms with van der Waals surface area (Å²) in [7, 11) is 0. The number of amides is 1. The van der Waals surface area contributed by atoms with E-state index in [0.29, 0.717) is 24.4 Å². The van der Waals surface area contributed by atoms with Crippen molar-refractivity contribution < 1.29 is 4.79 Å². The van der Waals surface area contributed by atoms with Gasteiger partial charge in [0.25, 0.3) is 0 Å². The maximum absolute atomic E-state index is 12.0. The molecule has 1 amide bonds. The van der Waals surface area contributed by atoms with Crippen molar-refractivity contribution in [3.63, 3.8) is 0 Å². The van der Waals surface area contributed by atoms with Crippen LogP contribution in [0.1, 0.15) is 52.9 Å². The van der Waals surface area contributed by atoms with Gasteiger partial charge in [0.1, 0.15) is 0 Å². The van der Waals surface area contributed by atoms with E-state index in [1.807, 2.05) is 6.92 Å². The third-order valence-corrected chi connectivity index (χ3v) is 4.51. The molecule has 2 heterocycles. The highest BCUT2D eigenvalue weighted by molar-refractivity contribution is 5.76. The van der Waals surface area contributed by atoms with Gasteiger partial charge in [-0.15, -0.1) is 0 Å². The summed E-state index contributed by atoms with van der Waals surface area (Å²) < 4.78 is 0. The van der Waals surface area contributed by atoms with Crippen LogP contribution in [0, 0.1) is 0 Å². The van der Waals surface area contributed by atoms with Crippen LogP contribution in [0.3, 0.4) is 0 Å². The van der Waals surface area contributed by atoms with Crippen LogP contribution in [-0.4, -0.2) is 47.4 Å². The summed E-state index contributed by atoms with van der Waals surface area (Å²) in [6, 6.07) is 1.06. The average Bonchev–Trinajstić information content (AvgIpc) is 3.03. The Labute approximate surface area is 117 Å². The summed E-state index contributed by atoms with van der Waals surface area (Å²) in [5, 5.41) is 0. The Balaban J connectivity index is 2.02. The minimum atomic E-state index is 0.344. The molecule has 19 heavy (non-hydrogen) atoms. The van der Waals surface area contributed by atoms with Gasteiger partial charge in [-0.1, -0.05) is 18.6 Å². The fourth-order valence-electron chi connectivity index (χ4n) is 3.52. The zero-order valence-electron chi connectivity index (χ0n) is 12.7. The minimum Gasteiger partial charge on any atom is -0.338 e. The first-order chi connectivity index (χ1) is 9.13. The van der Waals surface area contributed by atoms with E-state index in [4.69, 9.17) is 0 Å². The standard InChI is InChI=1S/C16H28N2O/c1-4-16(19)18-11-6-8-15(18)14-7-5-10-17(14)12-9-13(2)3/h9,14-15H,4-8,10-12H2,1-3H3/t14-,15+/m1/s1. The smallest absolute Gasteiger partial charge is 0.222 e. The molecule has 2 fully saturated rings. The lowest BCUT2D eigenvalue weighted by Crippen LogP contribution is -2.48. The number of carbonyl (C=O) groups excluding carboxylic acids is 1. The lowest BCUT2D eigenvalue weighted by molar-refractivity contribution is -0.132. The van der Waals surface area contributed by atoms with Gasteiger partial charge >= 0.3 is 0 Å². The predicted octanol–water partition coefficient (Wildman–Crippen LogP) is 2.82. The Morgan fingerprint density at radius 2 is 1.84 bits per heavy atom. The van der Waals surface area contributed by atoms with E-state index in [1.54, 1.807) is 0 Å². The van der Waals surface area contributed by atoms with Gasteiger partial charge in [0.05, 0.1) is 0 Å². The van der Waals surface area contributed by atoms with Crippen LogP contribution in [0.25, 0.3) is 0 Å². The number of nitrogens with zero attached hydrogens (tertiary/aromatic N) is 2. The van der Waals surface area contributed by atoms with Crippen molar-refractivity contribution in [1.29, 1.82) is 0 Å². The number of hydrogen-bond donors (Lipinski definition) is 0. The summed E-state index contributed by atoms with van der Waals surface area (Å²) in [5.74, 6) is 0.344. The van der Waals surface area contributed by atoms with Crippen molar-refractivity contribution >= 4 is 5.91 Å². The van der Waals surface area contributed by atoms with Crippen molar-refractivity contribution in [2.75, 3.05) is 19.6 Å². The average molecular weight is 264 g/mol. The number of allylic oxidation sites excluding steroid dienone is 1. The molecule has 0 aromatic rings. The topological polar surface area (TPSA) is 23.6 Å². The van der Waals surface area contributed by atoms with E-state index in [0.717, 1.165) is 13.1 Å². The molecule has 0 unspecified atom stereocenters. The van der Waals surface area contributed by atoms with Crippen molar-refractivity contribution in [1.82, 2.24) is 9.80 Å². The summed E-state index contributed by atoms with van der Waals surface area (Å²) in [6.07, 6.45) is 7.89. The second-order valence-corrected chi connectivity index (χ2v) is 6.14. The molecular weight excluding hydrogens is 236 g/mol. The van der Waals surface area contributed by atoms with Crippen molar-refractivity contribution in [2.24, 2.45) is 0 Å². The first-order valence-corrected chi connectivity index (χ1v) is 7.80. The Bertz CT molecular complexity index is 347. The van der Waals surface area contributed by atoms with Crippen molar-refractivity contribution in [3.05, 3.63) is 11.6 Å². The number of hydrogen-bond acceptors (Lipinski definition) is 2. The molecule has 0 aromatic heterocycles. The minimum absolute atomic E-state index is 0.344. The van der Waals surface area contributed by atoms with Crippen LogP contribution >= 0.6 is 0 Å². The van der Waals surface area contributed by atoms with E-state index in [2.05, 4.69) is 29.7 Å². The Morgan fingerprint density at radius 1 is 1.16 bits per heavy atom. The first kappa shape index (κ1) is 14.6. The fraction of sp³-hybridized carbons (Fsp3) is 0.812. The molecule has 2 aliphatic heterocycles. The lowest BCUT2D eigenvalue weighted by Gasteiger charge is -2.34. The monoisotopic (exact) mass is 264 g/mol. The fourth-order valence-corrected chi connectivity index (χ4v) is 3.52. The molecule has 3 heteroatoms. The van der Waals surface area contributed by atoms with Crippen LogP contribution in [0.15, 0.2) is 11.6 Å². The van der Waals surface area contributed by atoms with E-state index in [1.165, 1.54) is 37.8 Å². The normalized spacial score (nSPS) is 27.8. The zero-order chi connectivity index (χ0) is 13.8. The van der Waals surface area contributed by atoms with Gasteiger partial charge in [-0.3, -0.25) is 9.69 Å². The van der Waals surface area contributed by atoms with Gasteiger partial charge in [0.15, 0.2) is 0 Å². The van der Waals surface area contributed by atoms with Crippen molar-refractivity contribution in [3.8, 4) is 0 Å². The van der Waals surface area contributed by atoms with Gasteiger partial charge in [0.2, 0.25) is 5.91 Å². The third kappa shape index (κ3) is 3.38. The molecule has 0 aromatic carbocycles. The molecule has 2 aliphatic rings. The Morgan fingerprint density at radius 3 is 2.53 bits per heavy atom. The molecule has 0 saturated carbocycles. The van der Waals surface area contributed by atoms with Gasteiger partial charge in [-0.2, -0.15) is 0 Å². The molecule has 3 nitrogen and oxygen atoms in total. The summed E-state index contributed by atoms with van der Waals surface area (Å²) in [4.78, 5) is 16.8. The van der Waals surface area contributed by atoms with Gasteiger partial charge in [0, 0.05) is 31.6 Å². The molecule has 0 N–H and O–H groups in total. The second kappa shape index (κ2) is 6.56. The van der Waals surface area contributed by atoms with Crippen LogP contribution in [0.2, 0.25) is 0 Å². The largest absolute Gasteiger partial charge is 0.338 e. The quantitative estimate of drug-likeness (QED) is 0.729. The van der Waals surface area contributed by atoms with Gasteiger partial charge in [-0.25, -0.2) is 0 Å². The molecule has 0 bridgehead atoms. The van der Waals surface area contributed by atoms with E-state index >= 15 is 0 Å². The predicted molar refractivity (Wildman–Crippen MR) is 79.1 cm³/mol. The first-order valence-electron chi connectivity index (χ1n) is 7.80. The van der Waals surface area contributed by atoms with E-state index in [9.17, 15) is 4.79 Å². The lowest BCUT2D eigenvalue weighted by atomic mass is 10.0. The van der Waals surface area contributed by atoms with Crippen LogP contribution in [0.4, 0.5) is 0 Å². The number of likely N-dealkylation sites (tertiary alicyclic amines) is 2. The molecule has 2 rings (SSSR count). The summed E-state index contributed by atoms with van der Waals surface area (Å²) >= 11 is 0. The maximum Gasteiger partial charge on any atom is 0.222 e. The molecular formula is C16H28N2O. The summed E-state index contributed by atoms with van der Waals surface area (Å²) in [5.41, 5.74) is 1.39. The molecule has 108 valence electrons. The molecule has 2 saturated heterocycles. The molecule has 2 atom stereocenters. The Kier molecular flexibility index (Phi) is 5.03. The molecule has 0 radical (unpaired) electrons. The maximum atomic E-state index is 12.0. The number of rotatable bonds is 4. The zero-order valence-corrected chi connectivity index (χ0v) is 12.7.